The molecule has 0 rings (SSSR count). The van der Waals surface area contributed by atoms with Crippen LogP contribution in [0.5, 0.6) is 0 Å². The van der Waals surface area contributed by atoms with E-state index in [1.807, 2.05) is 12.2 Å². The van der Waals surface area contributed by atoms with E-state index >= 15 is 0 Å². The van der Waals surface area contributed by atoms with Gasteiger partial charge in [0.1, 0.15) is 0 Å². The summed E-state index contributed by atoms with van der Waals surface area (Å²) in [6.45, 7) is 2.24. The normalized spacial score (nSPS) is 12.4. The Labute approximate surface area is 149 Å². The number of carboxylic acids is 1. The highest BCUT2D eigenvalue weighted by atomic mass is 16.4. The Morgan fingerprint density at radius 2 is 1.12 bits per heavy atom. The molecule has 0 radical (unpaired) electrons. The van der Waals surface area contributed by atoms with Crippen molar-refractivity contribution < 1.29 is 9.90 Å². The number of hydrogen-bond donors (Lipinski definition) is 1. The van der Waals surface area contributed by atoms with Gasteiger partial charge in [0.15, 0.2) is 0 Å². The van der Waals surface area contributed by atoms with Gasteiger partial charge < -0.3 is 5.11 Å². The van der Waals surface area contributed by atoms with E-state index in [0.717, 1.165) is 12.8 Å². The van der Waals surface area contributed by atoms with Crippen molar-refractivity contribution in [1.29, 1.82) is 0 Å². The van der Waals surface area contributed by atoms with Gasteiger partial charge in [0.2, 0.25) is 0 Å². The maximum atomic E-state index is 10.3. The van der Waals surface area contributed by atoms with E-state index < -0.39 is 5.97 Å². The standard InChI is InChI=1S/C22H36O2/c1-2-3-4-5-6-7-8-9-10-11-12-13-14-15-16-17-18-19-20-21-22(23)24/h5-6,12-13,15-16,18-19H,2-4,7-11,14,17,20-21H2,1H3,(H,23,24)/b6-5+,13-12+,16-15+,19-18+. The lowest BCUT2D eigenvalue weighted by Crippen LogP contribution is -1.91. The van der Waals surface area contributed by atoms with Crippen LogP contribution in [0.25, 0.3) is 0 Å². The molecule has 0 unspecified atom stereocenters. The molecule has 0 aliphatic carbocycles. The van der Waals surface area contributed by atoms with Crippen molar-refractivity contribution in [3.8, 4) is 0 Å². The summed E-state index contributed by atoms with van der Waals surface area (Å²) < 4.78 is 0. The van der Waals surface area contributed by atoms with Crippen molar-refractivity contribution in [2.75, 3.05) is 0 Å². The smallest absolute Gasteiger partial charge is 0.303 e. The molecule has 136 valence electrons. The van der Waals surface area contributed by atoms with Gasteiger partial charge >= 0.3 is 5.97 Å². The zero-order valence-corrected chi connectivity index (χ0v) is 15.5. The molecule has 0 saturated carbocycles. The fourth-order valence-electron chi connectivity index (χ4n) is 2.24. The first-order valence-electron chi connectivity index (χ1n) is 9.59. The summed E-state index contributed by atoms with van der Waals surface area (Å²) in [7, 11) is 0. The fourth-order valence-corrected chi connectivity index (χ4v) is 2.24. The van der Waals surface area contributed by atoms with E-state index in [-0.39, 0.29) is 6.42 Å². The molecule has 0 spiro atoms. The van der Waals surface area contributed by atoms with Crippen molar-refractivity contribution in [2.45, 2.75) is 84.0 Å². The van der Waals surface area contributed by atoms with E-state index in [2.05, 4.69) is 43.4 Å². The van der Waals surface area contributed by atoms with Crippen LogP contribution in [0.3, 0.4) is 0 Å². The van der Waals surface area contributed by atoms with Gasteiger partial charge in [-0.1, -0.05) is 74.8 Å². The molecule has 0 heterocycles. The summed E-state index contributed by atoms with van der Waals surface area (Å²) in [5, 5.41) is 8.50. The molecule has 0 aliphatic heterocycles. The highest BCUT2D eigenvalue weighted by Gasteiger charge is 1.90. The summed E-state index contributed by atoms with van der Waals surface area (Å²) in [6.07, 6.45) is 30.3. The third kappa shape index (κ3) is 20.4. The predicted octanol–water partition coefficient (Wildman–Crippen LogP) is 7.00. The second-order valence-electron chi connectivity index (χ2n) is 6.07. The Bertz CT molecular complexity index is 389. The molecule has 0 fully saturated rings. The minimum absolute atomic E-state index is 0.220. The molecule has 0 bridgehead atoms. The van der Waals surface area contributed by atoms with Gasteiger partial charge in [-0.3, -0.25) is 4.79 Å². The molecule has 0 amide bonds. The molecule has 0 saturated heterocycles. The number of carbonyl (C=O) groups is 1. The predicted molar refractivity (Wildman–Crippen MR) is 105 cm³/mol. The minimum Gasteiger partial charge on any atom is -0.481 e. The molecule has 2 nitrogen and oxygen atoms in total. The van der Waals surface area contributed by atoms with Crippen molar-refractivity contribution >= 4 is 5.97 Å². The number of allylic oxidation sites excluding steroid dienone is 8. The van der Waals surface area contributed by atoms with Gasteiger partial charge in [-0.15, -0.1) is 0 Å². The first kappa shape index (κ1) is 22.4. The van der Waals surface area contributed by atoms with Gasteiger partial charge in [0.05, 0.1) is 0 Å². The number of unbranched alkanes of at least 4 members (excludes halogenated alkanes) is 6. The van der Waals surface area contributed by atoms with Crippen LogP contribution in [0.4, 0.5) is 0 Å². The summed E-state index contributed by atoms with van der Waals surface area (Å²) in [4.78, 5) is 10.3. The Hall–Kier alpha value is -1.57. The lowest BCUT2D eigenvalue weighted by atomic mass is 10.1. The largest absolute Gasteiger partial charge is 0.481 e. The van der Waals surface area contributed by atoms with Crippen LogP contribution < -0.4 is 0 Å². The van der Waals surface area contributed by atoms with Gasteiger partial charge in [0.25, 0.3) is 0 Å². The van der Waals surface area contributed by atoms with E-state index in [1.165, 1.54) is 51.4 Å². The van der Waals surface area contributed by atoms with Crippen LogP contribution in [0.15, 0.2) is 48.6 Å². The SMILES string of the molecule is CCCC/C=C/CCCCC/C=C/C/C=C/C/C=C/CCC(=O)O. The summed E-state index contributed by atoms with van der Waals surface area (Å²) >= 11 is 0. The van der Waals surface area contributed by atoms with Crippen LogP contribution in [-0.2, 0) is 4.79 Å². The Balaban J connectivity index is 3.33. The Kier molecular flexibility index (Phi) is 18.2. The molecule has 0 aromatic heterocycles. The quantitative estimate of drug-likeness (QED) is 0.244. The Morgan fingerprint density at radius 3 is 1.67 bits per heavy atom. The molecular weight excluding hydrogens is 296 g/mol. The summed E-state index contributed by atoms with van der Waals surface area (Å²) in [5.41, 5.74) is 0. The molecule has 24 heavy (non-hydrogen) atoms. The highest BCUT2D eigenvalue weighted by molar-refractivity contribution is 5.66. The minimum atomic E-state index is -0.733. The maximum absolute atomic E-state index is 10.3. The summed E-state index contributed by atoms with van der Waals surface area (Å²) in [5.74, 6) is -0.733. The first-order chi connectivity index (χ1) is 11.8. The average Bonchev–Trinajstić information content (AvgIpc) is 2.56. The van der Waals surface area contributed by atoms with Gasteiger partial charge in [-0.2, -0.15) is 0 Å². The molecule has 2 heteroatoms. The molecule has 0 atom stereocenters. The molecule has 0 aliphatic rings. The van der Waals surface area contributed by atoms with Crippen molar-refractivity contribution in [1.82, 2.24) is 0 Å². The van der Waals surface area contributed by atoms with Crippen LogP contribution in [0.1, 0.15) is 84.0 Å². The molecule has 1 N–H and O–H groups in total. The topological polar surface area (TPSA) is 37.3 Å². The molecule has 0 aromatic rings. The van der Waals surface area contributed by atoms with Crippen molar-refractivity contribution in [2.24, 2.45) is 0 Å². The maximum Gasteiger partial charge on any atom is 0.303 e. The highest BCUT2D eigenvalue weighted by Crippen LogP contribution is 2.06. The second-order valence-corrected chi connectivity index (χ2v) is 6.07. The summed E-state index contributed by atoms with van der Waals surface area (Å²) in [6, 6.07) is 0. The van der Waals surface area contributed by atoms with Gasteiger partial charge in [-0.25, -0.2) is 0 Å². The van der Waals surface area contributed by atoms with E-state index in [1.54, 1.807) is 0 Å². The third-order valence-corrected chi connectivity index (χ3v) is 3.70. The van der Waals surface area contributed by atoms with E-state index in [9.17, 15) is 4.79 Å². The molecular formula is C22H36O2. The van der Waals surface area contributed by atoms with Gasteiger partial charge in [-0.05, 0) is 51.4 Å². The second kappa shape index (κ2) is 19.5. The fraction of sp³-hybridized carbons (Fsp3) is 0.591. The third-order valence-electron chi connectivity index (χ3n) is 3.70. The monoisotopic (exact) mass is 332 g/mol. The average molecular weight is 333 g/mol. The lowest BCUT2D eigenvalue weighted by molar-refractivity contribution is -0.136. The van der Waals surface area contributed by atoms with Gasteiger partial charge in [0, 0.05) is 6.42 Å². The van der Waals surface area contributed by atoms with Crippen molar-refractivity contribution in [3.05, 3.63) is 48.6 Å². The van der Waals surface area contributed by atoms with Crippen LogP contribution >= 0.6 is 0 Å². The number of aliphatic carboxylic acids is 1. The zero-order chi connectivity index (χ0) is 17.7. The number of carboxylic acid groups (broad SMARTS) is 1. The number of hydrogen-bond acceptors (Lipinski definition) is 1. The lowest BCUT2D eigenvalue weighted by Gasteiger charge is -1.95. The van der Waals surface area contributed by atoms with Crippen molar-refractivity contribution in [3.63, 3.8) is 0 Å². The first-order valence-corrected chi connectivity index (χ1v) is 9.59. The Morgan fingerprint density at radius 1 is 0.667 bits per heavy atom. The van der Waals surface area contributed by atoms with E-state index in [4.69, 9.17) is 5.11 Å². The van der Waals surface area contributed by atoms with Crippen LogP contribution in [-0.4, -0.2) is 11.1 Å². The van der Waals surface area contributed by atoms with Crippen LogP contribution in [0.2, 0.25) is 0 Å². The molecule has 0 aromatic carbocycles. The van der Waals surface area contributed by atoms with Crippen LogP contribution in [0, 0.1) is 0 Å². The number of rotatable bonds is 16. The zero-order valence-electron chi connectivity index (χ0n) is 15.5. The van der Waals surface area contributed by atoms with E-state index in [0.29, 0.717) is 6.42 Å².